The topological polar surface area (TPSA) is 68.0 Å². The van der Waals surface area contributed by atoms with E-state index in [1.54, 1.807) is 0 Å². The van der Waals surface area contributed by atoms with Crippen LogP contribution >= 0.6 is 11.6 Å². The molecule has 7 heteroatoms. The van der Waals surface area contributed by atoms with Gasteiger partial charge in [-0.15, -0.1) is 5.10 Å². The molecule has 0 bridgehead atoms. The van der Waals surface area contributed by atoms with Gasteiger partial charge >= 0.3 is 5.97 Å². The highest BCUT2D eigenvalue weighted by Gasteiger charge is 2.34. The molecule has 98 valence electrons. The molecule has 0 aliphatic heterocycles. The number of hydrogen-bond donors (Lipinski definition) is 1. The minimum Gasteiger partial charge on any atom is -0.476 e. The molecule has 3 rings (SSSR count). The SMILES string of the molecule is O=C(O)c1nnn(-c2ccc(Cl)cc2F)c1C1CC1. The molecule has 0 saturated heterocycles. The van der Waals surface area contributed by atoms with E-state index in [2.05, 4.69) is 10.3 Å². The zero-order valence-electron chi connectivity index (χ0n) is 9.68. The highest BCUT2D eigenvalue weighted by atomic mass is 35.5. The minimum absolute atomic E-state index is 0.0798. The van der Waals surface area contributed by atoms with Gasteiger partial charge < -0.3 is 5.11 Å². The van der Waals surface area contributed by atoms with Crippen LogP contribution < -0.4 is 0 Å². The summed E-state index contributed by atoms with van der Waals surface area (Å²) in [6.07, 6.45) is 1.73. The Morgan fingerprint density at radius 2 is 2.21 bits per heavy atom. The van der Waals surface area contributed by atoms with Crippen molar-refractivity contribution in [1.29, 1.82) is 0 Å². The summed E-state index contributed by atoms with van der Waals surface area (Å²) < 4.78 is 15.1. The Balaban J connectivity index is 2.17. The van der Waals surface area contributed by atoms with Gasteiger partial charge in [-0.1, -0.05) is 16.8 Å². The fourth-order valence-electron chi connectivity index (χ4n) is 2.00. The summed E-state index contributed by atoms with van der Waals surface area (Å²) in [5, 5.41) is 16.7. The lowest BCUT2D eigenvalue weighted by Crippen LogP contribution is -2.07. The first-order valence-electron chi connectivity index (χ1n) is 5.72. The Kier molecular flexibility index (Phi) is 2.74. The number of carbonyl (C=O) groups is 1. The van der Waals surface area contributed by atoms with Crippen LogP contribution in [0.15, 0.2) is 18.2 Å². The Labute approximate surface area is 112 Å². The number of rotatable bonds is 3. The van der Waals surface area contributed by atoms with Crippen LogP contribution in [0.5, 0.6) is 0 Å². The first-order valence-corrected chi connectivity index (χ1v) is 6.10. The van der Waals surface area contributed by atoms with E-state index >= 15 is 0 Å². The van der Waals surface area contributed by atoms with Crippen molar-refractivity contribution in [2.75, 3.05) is 0 Å². The van der Waals surface area contributed by atoms with Gasteiger partial charge in [0.15, 0.2) is 5.69 Å². The van der Waals surface area contributed by atoms with Crippen LogP contribution in [-0.4, -0.2) is 26.1 Å². The van der Waals surface area contributed by atoms with Crippen LogP contribution in [0.1, 0.15) is 34.9 Å². The van der Waals surface area contributed by atoms with E-state index < -0.39 is 11.8 Å². The molecule has 0 amide bonds. The largest absolute Gasteiger partial charge is 0.476 e. The van der Waals surface area contributed by atoms with Crippen molar-refractivity contribution in [3.05, 3.63) is 40.4 Å². The number of aromatic nitrogens is 3. The summed E-state index contributed by atoms with van der Waals surface area (Å²) in [7, 11) is 0. The molecule has 1 heterocycles. The summed E-state index contributed by atoms with van der Waals surface area (Å²) in [5.74, 6) is -1.63. The summed E-state index contributed by atoms with van der Waals surface area (Å²) in [5.41, 5.74) is 0.497. The van der Waals surface area contributed by atoms with Crippen LogP contribution in [0.3, 0.4) is 0 Å². The van der Waals surface area contributed by atoms with Crippen molar-refractivity contribution in [2.24, 2.45) is 0 Å². The van der Waals surface area contributed by atoms with Crippen molar-refractivity contribution < 1.29 is 14.3 Å². The molecule has 5 nitrogen and oxygen atoms in total. The second kappa shape index (κ2) is 4.31. The molecule has 1 aliphatic rings. The fraction of sp³-hybridized carbons (Fsp3) is 0.250. The third-order valence-electron chi connectivity index (χ3n) is 3.01. The van der Waals surface area contributed by atoms with Crippen LogP contribution in [0.25, 0.3) is 5.69 Å². The molecule has 1 aromatic heterocycles. The summed E-state index contributed by atoms with van der Waals surface area (Å²) in [4.78, 5) is 11.1. The number of benzene rings is 1. The number of carboxylic acids is 1. The van der Waals surface area contributed by atoms with Gasteiger partial charge in [-0.05, 0) is 31.0 Å². The number of carboxylic acid groups (broad SMARTS) is 1. The number of nitrogens with zero attached hydrogens (tertiary/aromatic N) is 3. The Hall–Kier alpha value is -1.95. The summed E-state index contributed by atoms with van der Waals surface area (Å²) in [6.45, 7) is 0. The van der Waals surface area contributed by atoms with E-state index in [1.807, 2.05) is 0 Å². The van der Waals surface area contributed by atoms with Crippen molar-refractivity contribution in [3.8, 4) is 5.69 Å². The van der Waals surface area contributed by atoms with Crippen molar-refractivity contribution >= 4 is 17.6 Å². The zero-order chi connectivity index (χ0) is 13.6. The lowest BCUT2D eigenvalue weighted by atomic mass is 10.2. The number of hydrogen-bond acceptors (Lipinski definition) is 3. The van der Waals surface area contributed by atoms with Gasteiger partial charge in [0.05, 0.1) is 5.69 Å². The zero-order valence-corrected chi connectivity index (χ0v) is 10.4. The van der Waals surface area contributed by atoms with E-state index in [9.17, 15) is 9.18 Å². The third kappa shape index (κ3) is 2.08. The van der Waals surface area contributed by atoms with E-state index in [4.69, 9.17) is 16.7 Å². The van der Waals surface area contributed by atoms with E-state index in [-0.39, 0.29) is 22.3 Å². The second-order valence-electron chi connectivity index (χ2n) is 4.41. The van der Waals surface area contributed by atoms with E-state index in [0.29, 0.717) is 5.69 Å². The maximum atomic E-state index is 13.9. The molecule has 0 radical (unpaired) electrons. The van der Waals surface area contributed by atoms with E-state index in [1.165, 1.54) is 16.8 Å². The maximum Gasteiger partial charge on any atom is 0.358 e. The van der Waals surface area contributed by atoms with Gasteiger partial charge in [-0.3, -0.25) is 0 Å². The Bertz CT molecular complexity index is 667. The predicted octanol–water partition coefficient (Wildman–Crippen LogP) is 2.64. The van der Waals surface area contributed by atoms with E-state index in [0.717, 1.165) is 18.9 Å². The van der Waals surface area contributed by atoms with Gasteiger partial charge in [0.1, 0.15) is 11.5 Å². The molecule has 1 N–H and O–H groups in total. The van der Waals surface area contributed by atoms with Crippen LogP contribution in [0, 0.1) is 5.82 Å². The molecule has 1 saturated carbocycles. The molecular weight excluding hydrogens is 273 g/mol. The highest BCUT2D eigenvalue weighted by molar-refractivity contribution is 6.30. The van der Waals surface area contributed by atoms with Gasteiger partial charge in [-0.2, -0.15) is 0 Å². The van der Waals surface area contributed by atoms with Crippen LogP contribution in [0.2, 0.25) is 5.02 Å². The molecule has 1 aliphatic carbocycles. The normalized spacial score (nSPS) is 14.6. The molecule has 0 spiro atoms. The lowest BCUT2D eigenvalue weighted by Gasteiger charge is -2.07. The second-order valence-corrected chi connectivity index (χ2v) is 4.85. The third-order valence-corrected chi connectivity index (χ3v) is 3.24. The molecule has 19 heavy (non-hydrogen) atoms. The Morgan fingerprint density at radius 1 is 1.47 bits per heavy atom. The van der Waals surface area contributed by atoms with Gasteiger partial charge in [-0.25, -0.2) is 13.9 Å². The highest BCUT2D eigenvalue weighted by Crippen LogP contribution is 2.42. The quantitative estimate of drug-likeness (QED) is 0.939. The Morgan fingerprint density at radius 3 is 2.79 bits per heavy atom. The molecule has 0 unspecified atom stereocenters. The monoisotopic (exact) mass is 281 g/mol. The van der Waals surface area contributed by atoms with Crippen molar-refractivity contribution in [2.45, 2.75) is 18.8 Å². The first-order chi connectivity index (χ1) is 9.08. The molecule has 1 fully saturated rings. The summed E-state index contributed by atoms with van der Waals surface area (Å²) in [6, 6.07) is 4.15. The maximum absolute atomic E-state index is 13.9. The van der Waals surface area contributed by atoms with Crippen LogP contribution in [0.4, 0.5) is 4.39 Å². The predicted molar refractivity (Wildman–Crippen MR) is 65.3 cm³/mol. The molecular formula is C12H9ClFN3O2. The van der Waals surface area contributed by atoms with Crippen LogP contribution in [-0.2, 0) is 0 Å². The average molecular weight is 282 g/mol. The van der Waals surface area contributed by atoms with Crippen molar-refractivity contribution in [3.63, 3.8) is 0 Å². The molecule has 0 atom stereocenters. The van der Waals surface area contributed by atoms with Gasteiger partial charge in [0, 0.05) is 10.9 Å². The first kappa shape index (κ1) is 12.1. The lowest BCUT2D eigenvalue weighted by molar-refractivity contribution is 0.0689. The number of aromatic carboxylic acids is 1. The minimum atomic E-state index is -1.15. The fourth-order valence-corrected chi connectivity index (χ4v) is 2.15. The van der Waals surface area contributed by atoms with Gasteiger partial charge in [0.2, 0.25) is 0 Å². The average Bonchev–Trinajstić information content (AvgIpc) is 3.08. The van der Waals surface area contributed by atoms with Crippen molar-refractivity contribution in [1.82, 2.24) is 15.0 Å². The summed E-state index contributed by atoms with van der Waals surface area (Å²) >= 11 is 5.70. The molecule has 2 aromatic rings. The smallest absolute Gasteiger partial charge is 0.358 e. The van der Waals surface area contributed by atoms with Gasteiger partial charge in [0.25, 0.3) is 0 Å². The molecule has 1 aromatic carbocycles. The standard InChI is InChI=1S/C12H9ClFN3O2/c13-7-3-4-9(8(14)5-7)17-11(6-1-2-6)10(12(18)19)15-16-17/h3-6H,1-2H2,(H,18,19). The number of halogens is 2.